The molecule has 4 nitrogen and oxygen atoms in total. The Labute approximate surface area is 152 Å². The van der Waals surface area contributed by atoms with Gasteiger partial charge in [0.15, 0.2) is 5.58 Å². The molecule has 0 saturated heterocycles. The topological polar surface area (TPSA) is 55.1 Å². The minimum atomic E-state index is -4.96. The van der Waals surface area contributed by atoms with Gasteiger partial charge in [0, 0.05) is 9.26 Å². The van der Waals surface area contributed by atoms with Crippen molar-refractivity contribution in [2.45, 2.75) is 6.18 Å². The fraction of sp³-hybridized carbons (Fsp3) is 0.0667. The number of benzene rings is 2. The lowest BCUT2D eigenvalue weighted by Crippen LogP contribution is -2.29. The van der Waals surface area contributed by atoms with Crippen molar-refractivity contribution in [3.63, 3.8) is 0 Å². The Morgan fingerprint density at radius 1 is 1.21 bits per heavy atom. The number of anilines is 1. The fourth-order valence-corrected chi connectivity index (χ4v) is 2.67. The fourth-order valence-electron chi connectivity index (χ4n) is 1.98. The number of halogens is 5. The number of carbonyl (C=O) groups excluding carboxylic acids is 1. The molecule has 0 aliphatic rings. The van der Waals surface area contributed by atoms with Crippen LogP contribution in [0, 0.1) is 3.57 Å². The van der Waals surface area contributed by atoms with Crippen molar-refractivity contribution in [2.24, 2.45) is 0 Å². The van der Waals surface area contributed by atoms with Crippen LogP contribution >= 0.6 is 34.2 Å². The van der Waals surface area contributed by atoms with Crippen molar-refractivity contribution in [1.82, 2.24) is 4.98 Å². The summed E-state index contributed by atoms with van der Waals surface area (Å²) in [4.78, 5) is 15.2. The predicted octanol–water partition coefficient (Wildman–Crippen LogP) is 5.25. The van der Waals surface area contributed by atoms with Crippen LogP contribution in [0.3, 0.4) is 0 Å². The molecule has 1 N–H and O–H groups in total. The van der Waals surface area contributed by atoms with Gasteiger partial charge in [0.05, 0.1) is 10.6 Å². The number of alkyl halides is 3. The predicted molar refractivity (Wildman–Crippen MR) is 91.9 cm³/mol. The molecular formula is C15H7ClF3IN2O2. The van der Waals surface area contributed by atoms with E-state index in [9.17, 15) is 18.0 Å². The van der Waals surface area contributed by atoms with E-state index in [1.165, 1.54) is 18.2 Å². The van der Waals surface area contributed by atoms with Crippen LogP contribution in [-0.2, 0) is 4.79 Å². The molecule has 1 aromatic heterocycles. The first kappa shape index (κ1) is 17.0. The molecule has 3 aromatic rings. The highest BCUT2D eigenvalue weighted by atomic mass is 127. The molecule has 0 saturated carbocycles. The lowest BCUT2D eigenvalue weighted by Gasteiger charge is -2.07. The van der Waals surface area contributed by atoms with Crippen LogP contribution in [0.2, 0.25) is 5.02 Å². The van der Waals surface area contributed by atoms with Gasteiger partial charge in [-0.3, -0.25) is 4.79 Å². The second-order valence-electron chi connectivity index (χ2n) is 4.78. The Balaban J connectivity index is 1.97. The van der Waals surface area contributed by atoms with Crippen molar-refractivity contribution >= 4 is 56.9 Å². The zero-order valence-corrected chi connectivity index (χ0v) is 14.5. The highest BCUT2D eigenvalue weighted by Gasteiger charge is 2.38. The van der Waals surface area contributed by atoms with E-state index in [-0.39, 0.29) is 11.6 Å². The number of nitrogens with one attached hydrogen (secondary N) is 1. The first-order valence-electron chi connectivity index (χ1n) is 6.48. The monoisotopic (exact) mass is 466 g/mol. The minimum absolute atomic E-state index is 0.0292. The zero-order chi connectivity index (χ0) is 17.5. The Morgan fingerprint density at radius 3 is 2.67 bits per heavy atom. The van der Waals surface area contributed by atoms with Gasteiger partial charge in [0.25, 0.3) is 0 Å². The van der Waals surface area contributed by atoms with Gasteiger partial charge in [-0.15, -0.1) is 0 Å². The molecule has 124 valence electrons. The van der Waals surface area contributed by atoms with Crippen LogP contribution in [0.5, 0.6) is 0 Å². The van der Waals surface area contributed by atoms with E-state index in [1.807, 2.05) is 6.07 Å². The Hall–Kier alpha value is -1.81. The number of fused-ring (bicyclic) bond motifs is 1. The highest BCUT2D eigenvalue weighted by Crippen LogP contribution is 2.32. The standard InChI is InChI=1S/C15H7ClF3IN2O2/c16-10-3-1-7(20)5-9(10)13-22-11-6-8(2-4-12(11)24-13)21-14(23)15(17,18)19/h1-6H,(H,21,23). The molecule has 0 aliphatic heterocycles. The molecule has 0 fully saturated rings. The van der Waals surface area contributed by atoms with Gasteiger partial charge >= 0.3 is 12.1 Å². The van der Waals surface area contributed by atoms with Gasteiger partial charge in [0.2, 0.25) is 5.89 Å². The maximum Gasteiger partial charge on any atom is 0.471 e. The van der Waals surface area contributed by atoms with E-state index in [0.717, 1.165) is 3.57 Å². The third kappa shape index (κ3) is 3.48. The number of aromatic nitrogens is 1. The summed E-state index contributed by atoms with van der Waals surface area (Å²) in [5.41, 5.74) is 1.21. The molecule has 3 rings (SSSR count). The van der Waals surface area contributed by atoms with E-state index in [1.54, 1.807) is 17.4 Å². The molecule has 24 heavy (non-hydrogen) atoms. The summed E-state index contributed by atoms with van der Waals surface area (Å²) in [6, 6.07) is 9.33. The van der Waals surface area contributed by atoms with Crippen LogP contribution in [0.1, 0.15) is 0 Å². The molecule has 0 spiro atoms. The SMILES string of the molecule is O=C(Nc1ccc2oc(-c3cc(I)ccc3Cl)nc2c1)C(F)(F)F. The summed E-state index contributed by atoms with van der Waals surface area (Å²) in [7, 11) is 0. The zero-order valence-electron chi connectivity index (χ0n) is 11.6. The van der Waals surface area contributed by atoms with Crippen LogP contribution in [0.4, 0.5) is 18.9 Å². The van der Waals surface area contributed by atoms with Crippen molar-refractivity contribution in [1.29, 1.82) is 0 Å². The average Bonchev–Trinajstić information content (AvgIpc) is 2.91. The molecule has 0 aliphatic carbocycles. The molecule has 0 atom stereocenters. The maximum atomic E-state index is 12.3. The van der Waals surface area contributed by atoms with Crippen LogP contribution in [0.25, 0.3) is 22.6 Å². The average molecular weight is 467 g/mol. The smallest absolute Gasteiger partial charge is 0.436 e. The van der Waals surface area contributed by atoms with E-state index in [0.29, 0.717) is 21.7 Å². The van der Waals surface area contributed by atoms with Gasteiger partial charge in [0.1, 0.15) is 5.52 Å². The minimum Gasteiger partial charge on any atom is -0.436 e. The largest absolute Gasteiger partial charge is 0.471 e. The van der Waals surface area contributed by atoms with Crippen LogP contribution < -0.4 is 5.32 Å². The van der Waals surface area contributed by atoms with Gasteiger partial charge in [-0.2, -0.15) is 13.2 Å². The van der Waals surface area contributed by atoms with E-state index in [4.69, 9.17) is 16.0 Å². The number of hydrogen-bond donors (Lipinski definition) is 1. The molecule has 2 aromatic carbocycles. The molecule has 1 heterocycles. The Kier molecular flexibility index (Phi) is 4.43. The molecule has 9 heteroatoms. The number of nitrogens with zero attached hydrogens (tertiary/aromatic N) is 1. The Bertz CT molecular complexity index is 940. The summed E-state index contributed by atoms with van der Waals surface area (Å²) in [6.07, 6.45) is -4.96. The van der Waals surface area contributed by atoms with Crippen LogP contribution in [0.15, 0.2) is 40.8 Å². The van der Waals surface area contributed by atoms with E-state index >= 15 is 0 Å². The highest BCUT2D eigenvalue weighted by molar-refractivity contribution is 14.1. The third-order valence-corrected chi connectivity index (χ3v) is 4.06. The number of oxazole rings is 1. The molecule has 0 bridgehead atoms. The molecule has 0 unspecified atom stereocenters. The van der Waals surface area contributed by atoms with E-state index < -0.39 is 12.1 Å². The molecule has 1 amide bonds. The van der Waals surface area contributed by atoms with Crippen LogP contribution in [-0.4, -0.2) is 17.1 Å². The van der Waals surface area contributed by atoms with Gasteiger partial charge in [-0.05, 0) is 59.0 Å². The molecule has 0 radical (unpaired) electrons. The van der Waals surface area contributed by atoms with Gasteiger partial charge in [-0.25, -0.2) is 4.98 Å². The number of rotatable bonds is 2. The van der Waals surface area contributed by atoms with Crippen molar-refractivity contribution in [2.75, 3.05) is 5.32 Å². The normalized spacial score (nSPS) is 11.7. The summed E-state index contributed by atoms with van der Waals surface area (Å²) >= 11 is 8.23. The van der Waals surface area contributed by atoms with Crippen molar-refractivity contribution in [3.05, 3.63) is 45.0 Å². The third-order valence-electron chi connectivity index (χ3n) is 3.06. The number of amides is 1. The summed E-state index contributed by atoms with van der Waals surface area (Å²) in [6.45, 7) is 0. The number of hydrogen-bond acceptors (Lipinski definition) is 3. The van der Waals surface area contributed by atoms with Crippen molar-refractivity contribution in [3.8, 4) is 11.5 Å². The second kappa shape index (κ2) is 6.25. The van der Waals surface area contributed by atoms with Crippen molar-refractivity contribution < 1.29 is 22.4 Å². The summed E-state index contributed by atoms with van der Waals surface area (Å²) in [5.74, 6) is -1.81. The first-order valence-corrected chi connectivity index (χ1v) is 7.94. The lowest BCUT2D eigenvalue weighted by atomic mass is 10.2. The Morgan fingerprint density at radius 2 is 1.96 bits per heavy atom. The summed E-state index contributed by atoms with van der Waals surface area (Å²) in [5, 5.41) is 2.21. The first-order chi connectivity index (χ1) is 11.2. The number of carbonyl (C=O) groups is 1. The van der Waals surface area contributed by atoms with Gasteiger partial charge < -0.3 is 9.73 Å². The molecular weight excluding hydrogens is 460 g/mol. The van der Waals surface area contributed by atoms with Gasteiger partial charge in [-0.1, -0.05) is 11.6 Å². The van der Waals surface area contributed by atoms with E-state index in [2.05, 4.69) is 27.6 Å². The maximum absolute atomic E-state index is 12.3. The summed E-state index contributed by atoms with van der Waals surface area (Å²) < 4.78 is 43.4. The lowest BCUT2D eigenvalue weighted by molar-refractivity contribution is -0.167. The quantitative estimate of drug-likeness (QED) is 0.525. The second-order valence-corrected chi connectivity index (χ2v) is 6.43.